The third-order valence-electron chi connectivity index (χ3n) is 9.95. The average molecular weight is 739 g/mol. The van der Waals surface area contributed by atoms with Crippen molar-refractivity contribution in [1.82, 2.24) is 15.4 Å². The topological polar surface area (TPSA) is 155 Å². The standard InChI is InChI=1S/C41H46N4O7S/c1-25-26(2)37(27(3)33-22-41(4,5)52-36(25)33)53(49,50)45-39(43-23-28-14-7-6-8-15-28)42-21-13-20-35(38(46)47)44-40(48)51-24-34-31-18-11-9-16-29(31)30-17-10-12-19-32(30)34/h6-12,14-19,34-35H,13,20-24H2,1-5H3,(H,44,48)(H,46,47)(H2,42,43,45)/t35-/m0/s1. The van der Waals surface area contributed by atoms with Crippen LogP contribution in [0.15, 0.2) is 88.8 Å². The maximum Gasteiger partial charge on any atom is 0.407 e. The van der Waals surface area contributed by atoms with E-state index in [0.29, 0.717) is 17.5 Å². The minimum atomic E-state index is -4.11. The zero-order valence-electron chi connectivity index (χ0n) is 30.7. The van der Waals surface area contributed by atoms with Gasteiger partial charge in [-0.3, -0.25) is 0 Å². The van der Waals surface area contributed by atoms with Crippen LogP contribution in [-0.2, 0) is 32.5 Å². The van der Waals surface area contributed by atoms with Crippen molar-refractivity contribution in [2.45, 2.75) is 82.9 Å². The monoisotopic (exact) mass is 738 g/mol. The third-order valence-corrected chi connectivity index (χ3v) is 11.6. The van der Waals surface area contributed by atoms with Crippen LogP contribution in [0.1, 0.15) is 71.6 Å². The number of amides is 1. The number of nitrogens with one attached hydrogen (secondary N) is 3. The van der Waals surface area contributed by atoms with Gasteiger partial charge in [0.25, 0.3) is 10.0 Å². The summed E-state index contributed by atoms with van der Waals surface area (Å²) in [5.41, 5.74) is 7.59. The molecule has 53 heavy (non-hydrogen) atoms. The first-order valence-corrected chi connectivity index (χ1v) is 19.2. The van der Waals surface area contributed by atoms with Crippen molar-refractivity contribution in [3.05, 3.63) is 118 Å². The Morgan fingerprint density at radius 2 is 1.55 bits per heavy atom. The highest BCUT2D eigenvalue weighted by Crippen LogP contribution is 2.45. The van der Waals surface area contributed by atoms with Crippen LogP contribution in [-0.4, -0.2) is 56.3 Å². The van der Waals surface area contributed by atoms with Gasteiger partial charge in [-0.1, -0.05) is 78.9 Å². The van der Waals surface area contributed by atoms with Crippen molar-refractivity contribution in [3.63, 3.8) is 0 Å². The number of carboxylic acids is 1. The summed E-state index contributed by atoms with van der Waals surface area (Å²) in [6.45, 7) is 9.84. The molecular formula is C41H46N4O7S. The number of benzene rings is 4. The van der Waals surface area contributed by atoms with Crippen LogP contribution in [0, 0.1) is 20.8 Å². The molecule has 0 aromatic heterocycles. The highest BCUT2D eigenvalue weighted by molar-refractivity contribution is 7.90. The number of rotatable bonds is 12. The van der Waals surface area contributed by atoms with Crippen LogP contribution in [0.4, 0.5) is 4.79 Å². The number of ether oxygens (including phenoxy) is 2. The van der Waals surface area contributed by atoms with Gasteiger partial charge >= 0.3 is 12.1 Å². The van der Waals surface area contributed by atoms with E-state index in [1.807, 2.05) is 99.6 Å². The molecule has 12 heteroatoms. The Morgan fingerprint density at radius 1 is 0.925 bits per heavy atom. The summed E-state index contributed by atoms with van der Waals surface area (Å²) in [6.07, 6.45) is 0.0902. The SMILES string of the molecule is Cc1c(C)c(S(=O)(=O)NC(=NCc2ccccc2)NCCC[C@H](NC(=O)OCC2c3ccccc3-c3ccccc32)C(=O)O)c(C)c2c1OC(C)(C)C2. The lowest BCUT2D eigenvalue weighted by Crippen LogP contribution is -2.43. The lowest BCUT2D eigenvalue weighted by Gasteiger charge is -2.20. The number of carbonyl (C=O) groups excluding carboxylic acids is 1. The van der Waals surface area contributed by atoms with Gasteiger partial charge in [0.2, 0.25) is 5.96 Å². The molecule has 4 aromatic carbocycles. The second-order valence-corrected chi connectivity index (χ2v) is 15.9. The highest BCUT2D eigenvalue weighted by atomic mass is 32.2. The molecule has 4 aromatic rings. The Bertz CT molecular complexity index is 2120. The molecule has 0 spiro atoms. The smallest absolute Gasteiger partial charge is 0.407 e. The summed E-state index contributed by atoms with van der Waals surface area (Å²) in [7, 11) is -4.11. The summed E-state index contributed by atoms with van der Waals surface area (Å²) < 4.78 is 42.5. The summed E-state index contributed by atoms with van der Waals surface area (Å²) in [5.74, 6) is -0.604. The van der Waals surface area contributed by atoms with E-state index in [2.05, 4.69) is 20.3 Å². The largest absolute Gasteiger partial charge is 0.487 e. The number of carboxylic acid groups (broad SMARTS) is 1. The number of carbonyl (C=O) groups is 2. The fraction of sp³-hybridized carbons (Fsp3) is 0.341. The summed E-state index contributed by atoms with van der Waals surface area (Å²) >= 11 is 0. The number of sulfonamides is 1. The van der Waals surface area contributed by atoms with Crippen molar-refractivity contribution in [3.8, 4) is 16.9 Å². The van der Waals surface area contributed by atoms with Crippen LogP contribution < -0.4 is 20.1 Å². The molecule has 0 bridgehead atoms. The van der Waals surface area contributed by atoms with E-state index < -0.39 is 33.7 Å². The first kappa shape index (κ1) is 37.4. The molecular weight excluding hydrogens is 693 g/mol. The molecule has 0 saturated carbocycles. The van der Waals surface area contributed by atoms with E-state index >= 15 is 0 Å². The lowest BCUT2D eigenvalue weighted by molar-refractivity contribution is -0.139. The predicted molar refractivity (Wildman–Crippen MR) is 204 cm³/mol. The van der Waals surface area contributed by atoms with Gasteiger partial charge in [0.05, 0.1) is 11.4 Å². The number of aliphatic carboxylic acids is 1. The van der Waals surface area contributed by atoms with Crippen molar-refractivity contribution in [2.75, 3.05) is 13.2 Å². The first-order valence-electron chi connectivity index (χ1n) is 17.8. The minimum Gasteiger partial charge on any atom is -0.487 e. The van der Waals surface area contributed by atoms with E-state index in [1.54, 1.807) is 13.8 Å². The minimum absolute atomic E-state index is 0.0266. The molecule has 4 N–H and O–H groups in total. The molecule has 0 radical (unpaired) electrons. The van der Waals surface area contributed by atoms with E-state index in [4.69, 9.17) is 9.47 Å². The van der Waals surface area contributed by atoms with Gasteiger partial charge in [0.1, 0.15) is 24.0 Å². The Hall–Kier alpha value is -5.36. The van der Waals surface area contributed by atoms with E-state index in [-0.39, 0.29) is 49.3 Å². The molecule has 1 aliphatic heterocycles. The number of guanidine groups is 1. The van der Waals surface area contributed by atoms with Crippen LogP contribution in [0.3, 0.4) is 0 Å². The van der Waals surface area contributed by atoms with Crippen LogP contribution in [0.5, 0.6) is 5.75 Å². The predicted octanol–water partition coefficient (Wildman–Crippen LogP) is 6.52. The zero-order chi connectivity index (χ0) is 37.9. The van der Waals surface area contributed by atoms with Crippen molar-refractivity contribution in [2.24, 2.45) is 4.99 Å². The van der Waals surface area contributed by atoms with Gasteiger partial charge < -0.3 is 25.2 Å². The van der Waals surface area contributed by atoms with E-state index in [9.17, 15) is 23.1 Å². The molecule has 2 aliphatic rings. The van der Waals surface area contributed by atoms with Crippen LogP contribution in [0.25, 0.3) is 11.1 Å². The molecule has 11 nitrogen and oxygen atoms in total. The van der Waals surface area contributed by atoms with Crippen molar-refractivity contribution >= 4 is 28.0 Å². The Kier molecular flexibility index (Phi) is 10.8. The number of hydrogen-bond acceptors (Lipinski definition) is 7. The molecule has 0 fully saturated rings. The fourth-order valence-electron chi connectivity index (χ4n) is 7.26. The third kappa shape index (κ3) is 8.17. The van der Waals surface area contributed by atoms with Gasteiger partial charge in [0.15, 0.2) is 0 Å². The molecule has 1 aliphatic carbocycles. The Balaban J connectivity index is 1.10. The Morgan fingerprint density at radius 3 is 2.19 bits per heavy atom. The zero-order valence-corrected chi connectivity index (χ0v) is 31.5. The van der Waals surface area contributed by atoms with Crippen LogP contribution >= 0.6 is 0 Å². The summed E-state index contributed by atoms with van der Waals surface area (Å²) in [5, 5.41) is 15.5. The summed E-state index contributed by atoms with van der Waals surface area (Å²) in [4.78, 5) is 29.8. The van der Waals surface area contributed by atoms with Gasteiger partial charge in [-0.05, 0) is 92.0 Å². The number of hydrogen-bond donors (Lipinski definition) is 4. The van der Waals surface area contributed by atoms with E-state index in [1.165, 1.54) is 0 Å². The van der Waals surface area contributed by atoms with Gasteiger partial charge in [-0.15, -0.1) is 0 Å². The average Bonchev–Trinajstić information content (AvgIpc) is 3.64. The molecule has 1 heterocycles. The van der Waals surface area contributed by atoms with Gasteiger partial charge in [-0.2, -0.15) is 0 Å². The normalized spacial score (nSPS) is 15.1. The van der Waals surface area contributed by atoms with Crippen molar-refractivity contribution in [1.29, 1.82) is 0 Å². The molecule has 278 valence electrons. The molecule has 0 unspecified atom stereocenters. The molecule has 1 atom stereocenters. The summed E-state index contributed by atoms with van der Waals surface area (Å²) in [6, 6.07) is 24.1. The first-order chi connectivity index (χ1) is 25.3. The highest BCUT2D eigenvalue weighted by Gasteiger charge is 2.37. The lowest BCUT2D eigenvalue weighted by atomic mass is 9.94. The fourth-order valence-corrected chi connectivity index (χ4v) is 8.83. The molecule has 1 amide bonds. The number of aliphatic imine (C=N–C) groups is 1. The second kappa shape index (κ2) is 15.3. The quantitative estimate of drug-likeness (QED) is 0.0728. The second-order valence-electron chi connectivity index (χ2n) is 14.2. The number of fused-ring (bicyclic) bond motifs is 4. The number of alkyl carbamates (subject to hydrolysis) is 1. The maximum absolute atomic E-state index is 14.0. The molecule has 6 rings (SSSR count). The van der Waals surface area contributed by atoms with E-state index in [0.717, 1.165) is 44.7 Å². The number of nitrogens with zero attached hydrogens (tertiary/aromatic N) is 1. The van der Waals surface area contributed by atoms with Crippen LogP contribution in [0.2, 0.25) is 0 Å². The van der Waals surface area contributed by atoms with Crippen molar-refractivity contribution < 1.29 is 32.6 Å². The molecule has 0 saturated heterocycles. The Labute approximate surface area is 310 Å². The van der Waals surface area contributed by atoms with Gasteiger partial charge in [-0.25, -0.2) is 27.7 Å². The maximum atomic E-state index is 14.0. The van der Waals surface area contributed by atoms with Gasteiger partial charge in [0, 0.05) is 24.4 Å².